The Labute approximate surface area is 169 Å². The first kappa shape index (κ1) is 19.8. The minimum Gasteiger partial charge on any atom is -0.489 e. The number of nitrogens with zero attached hydrogens (tertiary/aromatic N) is 1. The molecule has 3 aromatic rings. The number of rotatable bonds is 8. The Kier molecular flexibility index (Phi) is 6.39. The predicted molar refractivity (Wildman–Crippen MR) is 109 cm³/mol. The van der Waals surface area contributed by atoms with Gasteiger partial charge in [0.25, 0.3) is 0 Å². The standard InChI is InChI=1S/C24H20N2O3/c25-15-21(14-23(27)28)18-9-11-22(12-10-18)29-16-17-5-4-8-20(13-17)24(26)19-6-2-1-3-7-19/h1-13,21,26H,14,16H2,(H,27,28)/p+1. The topological polar surface area (TPSA) is 95.9 Å². The molecule has 1 unspecified atom stereocenters. The molecule has 0 spiro atoms. The van der Waals surface area contributed by atoms with Gasteiger partial charge in [0.15, 0.2) is 0 Å². The molecule has 0 amide bonds. The van der Waals surface area contributed by atoms with Crippen molar-refractivity contribution >= 4 is 11.7 Å². The number of carboxylic acid groups (broad SMARTS) is 1. The fraction of sp³-hybridized carbons (Fsp3) is 0.125. The van der Waals surface area contributed by atoms with Gasteiger partial charge >= 0.3 is 5.97 Å². The van der Waals surface area contributed by atoms with Crippen LogP contribution in [0.2, 0.25) is 0 Å². The zero-order chi connectivity index (χ0) is 20.6. The fourth-order valence-corrected chi connectivity index (χ4v) is 2.99. The quantitative estimate of drug-likeness (QED) is 0.583. The molecule has 5 nitrogen and oxygen atoms in total. The summed E-state index contributed by atoms with van der Waals surface area (Å²) in [6.45, 7) is 0.367. The normalized spacial score (nSPS) is 11.3. The molecule has 0 aliphatic heterocycles. The summed E-state index contributed by atoms with van der Waals surface area (Å²) in [5, 5.41) is 24.3. The SMILES string of the molecule is N#CC(CC(=O)O)c1ccc(OCc2cccc(C(=[NH2+])c3ccccc3)c2)cc1. The zero-order valence-corrected chi connectivity index (χ0v) is 15.8. The van der Waals surface area contributed by atoms with Gasteiger partial charge in [0, 0.05) is 11.1 Å². The van der Waals surface area contributed by atoms with Crippen molar-refractivity contribution in [2.24, 2.45) is 0 Å². The van der Waals surface area contributed by atoms with E-state index in [0.717, 1.165) is 16.7 Å². The molecule has 3 N–H and O–H groups in total. The van der Waals surface area contributed by atoms with E-state index in [9.17, 15) is 4.79 Å². The number of benzene rings is 3. The molecule has 3 rings (SSSR count). The van der Waals surface area contributed by atoms with Crippen molar-refractivity contribution in [3.05, 3.63) is 101 Å². The van der Waals surface area contributed by atoms with Gasteiger partial charge in [0.05, 0.1) is 18.4 Å². The molecule has 0 aromatic heterocycles. The maximum Gasteiger partial charge on any atom is 0.305 e. The second-order valence-corrected chi connectivity index (χ2v) is 6.62. The van der Waals surface area contributed by atoms with Crippen molar-refractivity contribution in [2.75, 3.05) is 0 Å². The Morgan fingerprint density at radius 3 is 2.34 bits per heavy atom. The lowest BCUT2D eigenvalue weighted by atomic mass is 9.97. The molecule has 0 aliphatic carbocycles. The number of hydrogen-bond acceptors (Lipinski definition) is 3. The van der Waals surface area contributed by atoms with Crippen LogP contribution < -0.4 is 10.1 Å². The number of nitrogens with two attached hydrogens (primary N) is 1. The van der Waals surface area contributed by atoms with E-state index in [1.807, 2.05) is 60.7 Å². The first-order valence-electron chi connectivity index (χ1n) is 9.18. The highest BCUT2D eigenvalue weighted by Gasteiger charge is 2.15. The average molecular weight is 385 g/mol. The number of nitriles is 1. The van der Waals surface area contributed by atoms with E-state index in [2.05, 4.69) is 0 Å². The highest BCUT2D eigenvalue weighted by Crippen LogP contribution is 2.22. The summed E-state index contributed by atoms with van der Waals surface area (Å²) in [5.41, 5.74) is 4.24. The molecule has 144 valence electrons. The minimum absolute atomic E-state index is 0.219. The van der Waals surface area contributed by atoms with Crippen LogP contribution in [0.3, 0.4) is 0 Å². The second-order valence-electron chi connectivity index (χ2n) is 6.62. The Balaban J connectivity index is 1.65. The Bertz CT molecular complexity index is 1040. The van der Waals surface area contributed by atoms with Crippen LogP contribution in [0.15, 0.2) is 78.9 Å². The summed E-state index contributed by atoms with van der Waals surface area (Å²) in [7, 11) is 0. The van der Waals surface area contributed by atoms with Crippen molar-refractivity contribution < 1.29 is 20.0 Å². The molecular formula is C24H21N2O3+. The summed E-state index contributed by atoms with van der Waals surface area (Å²) in [6.07, 6.45) is -0.219. The monoisotopic (exact) mass is 385 g/mol. The molecule has 29 heavy (non-hydrogen) atoms. The second kappa shape index (κ2) is 9.34. The van der Waals surface area contributed by atoms with Crippen molar-refractivity contribution in [3.63, 3.8) is 0 Å². The first-order valence-corrected chi connectivity index (χ1v) is 9.18. The maximum atomic E-state index is 10.8. The van der Waals surface area contributed by atoms with E-state index < -0.39 is 11.9 Å². The Morgan fingerprint density at radius 1 is 1.00 bits per heavy atom. The van der Waals surface area contributed by atoms with E-state index in [1.165, 1.54) is 0 Å². The number of ether oxygens (including phenoxy) is 1. The number of hydrogen-bond donors (Lipinski definition) is 2. The van der Waals surface area contributed by atoms with Crippen LogP contribution in [-0.2, 0) is 11.4 Å². The molecule has 3 aromatic carbocycles. The van der Waals surface area contributed by atoms with Crippen molar-refractivity contribution in [1.82, 2.24) is 0 Å². The number of carbonyl (C=O) groups is 1. The van der Waals surface area contributed by atoms with Crippen LogP contribution in [0.25, 0.3) is 0 Å². The van der Waals surface area contributed by atoms with Crippen LogP contribution in [-0.4, -0.2) is 16.8 Å². The smallest absolute Gasteiger partial charge is 0.305 e. The van der Waals surface area contributed by atoms with Gasteiger partial charge in [-0.05, 0) is 47.5 Å². The molecule has 0 radical (unpaired) electrons. The van der Waals surface area contributed by atoms with Gasteiger partial charge in [-0.1, -0.05) is 42.5 Å². The summed E-state index contributed by atoms with van der Waals surface area (Å²) in [6, 6.07) is 26.6. The van der Waals surface area contributed by atoms with E-state index in [4.69, 9.17) is 20.5 Å². The van der Waals surface area contributed by atoms with Gasteiger partial charge in [-0.2, -0.15) is 5.26 Å². The molecule has 0 heterocycles. The third-order valence-electron chi connectivity index (χ3n) is 4.55. The molecule has 0 fully saturated rings. The largest absolute Gasteiger partial charge is 0.489 e. The Hall–Kier alpha value is -3.91. The minimum atomic E-state index is -0.997. The van der Waals surface area contributed by atoms with Gasteiger partial charge in [-0.25, -0.2) is 0 Å². The van der Waals surface area contributed by atoms with Crippen molar-refractivity contribution in [2.45, 2.75) is 18.9 Å². The lowest BCUT2D eigenvalue weighted by Crippen LogP contribution is -2.41. The molecule has 0 aliphatic rings. The highest BCUT2D eigenvalue weighted by atomic mass is 16.5. The predicted octanol–water partition coefficient (Wildman–Crippen LogP) is 2.94. The van der Waals surface area contributed by atoms with E-state index in [1.54, 1.807) is 24.3 Å². The molecule has 0 bridgehead atoms. The van der Waals surface area contributed by atoms with Crippen molar-refractivity contribution in [1.29, 1.82) is 5.26 Å². The lowest BCUT2D eigenvalue weighted by molar-refractivity contribution is -0.137. The van der Waals surface area contributed by atoms with Gasteiger partial charge in [-0.3, -0.25) is 10.2 Å². The first-order chi connectivity index (χ1) is 14.1. The van der Waals surface area contributed by atoms with Crippen LogP contribution in [0.4, 0.5) is 0 Å². The lowest BCUT2D eigenvalue weighted by Gasteiger charge is -2.10. The number of carboxylic acids is 1. The molecule has 0 saturated carbocycles. The van der Waals surface area contributed by atoms with E-state index >= 15 is 0 Å². The molecule has 0 saturated heterocycles. The summed E-state index contributed by atoms with van der Waals surface area (Å²) in [4.78, 5) is 10.8. The third kappa shape index (κ3) is 5.30. The maximum absolute atomic E-state index is 10.8. The van der Waals surface area contributed by atoms with E-state index in [0.29, 0.717) is 23.6 Å². The summed E-state index contributed by atoms with van der Waals surface area (Å²) >= 11 is 0. The molecular weight excluding hydrogens is 364 g/mol. The third-order valence-corrected chi connectivity index (χ3v) is 4.55. The highest BCUT2D eigenvalue weighted by molar-refractivity contribution is 6.08. The van der Waals surface area contributed by atoms with Crippen molar-refractivity contribution in [3.8, 4) is 11.8 Å². The fourth-order valence-electron chi connectivity index (χ4n) is 2.99. The average Bonchev–Trinajstić information content (AvgIpc) is 2.76. The summed E-state index contributed by atoms with van der Waals surface area (Å²) < 4.78 is 5.83. The Morgan fingerprint density at radius 2 is 1.69 bits per heavy atom. The molecule has 1 atom stereocenters. The van der Waals surface area contributed by atoms with Crippen LogP contribution in [0.5, 0.6) is 5.75 Å². The van der Waals surface area contributed by atoms with Crippen LogP contribution >= 0.6 is 0 Å². The van der Waals surface area contributed by atoms with Gasteiger partial charge in [-0.15, -0.1) is 0 Å². The van der Waals surface area contributed by atoms with E-state index in [-0.39, 0.29) is 6.42 Å². The number of aliphatic carboxylic acids is 1. The molecule has 5 heteroatoms. The van der Waals surface area contributed by atoms with Crippen LogP contribution in [0, 0.1) is 11.3 Å². The summed E-state index contributed by atoms with van der Waals surface area (Å²) in [5.74, 6) is -1.02. The van der Waals surface area contributed by atoms with Crippen LogP contribution in [0.1, 0.15) is 34.6 Å². The van der Waals surface area contributed by atoms with Gasteiger partial charge < -0.3 is 9.84 Å². The zero-order valence-electron chi connectivity index (χ0n) is 15.8. The van der Waals surface area contributed by atoms with Gasteiger partial charge in [0.1, 0.15) is 12.4 Å². The van der Waals surface area contributed by atoms with Gasteiger partial charge in [0.2, 0.25) is 5.71 Å².